The van der Waals surface area contributed by atoms with E-state index in [1.54, 1.807) is 36.4 Å². The minimum Gasteiger partial charge on any atom is -0.497 e. The molecule has 0 aromatic heterocycles. The van der Waals surface area contributed by atoms with E-state index in [2.05, 4.69) is 26.6 Å². The lowest BCUT2D eigenvalue weighted by atomic mass is 10.2. The summed E-state index contributed by atoms with van der Waals surface area (Å²) in [7, 11) is 1.53. The summed E-state index contributed by atoms with van der Waals surface area (Å²) >= 11 is 8.28. The molecule has 2 aromatic rings. The molecule has 0 saturated heterocycles. The van der Waals surface area contributed by atoms with Crippen molar-refractivity contribution in [1.82, 2.24) is 5.32 Å². The van der Waals surface area contributed by atoms with Gasteiger partial charge < -0.3 is 15.2 Å². The van der Waals surface area contributed by atoms with Crippen molar-refractivity contribution >= 4 is 50.8 Å². The van der Waals surface area contributed by atoms with Gasteiger partial charge in [0.05, 0.1) is 18.4 Å². The van der Waals surface area contributed by atoms with Crippen LogP contribution in [0.15, 0.2) is 46.9 Å². The molecule has 124 valence electrons. The van der Waals surface area contributed by atoms with Gasteiger partial charge in [0, 0.05) is 10.0 Å². The quantitative estimate of drug-likeness (QED) is 0.672. The number of thiocarbonyl (C=S) groups is 1. The maximum absolute atomic E-state index is 12.1. The van der Waals surface area contributed by atoms with Gasteiger partial charge in [-0.05, 0) is 54.7 Å². The molecule has 0 fully saturated rings. The first-order valence-corrected chi connectivity index (χ1v) is 7.90. The molecular formula is C16H13BrN2O4S. The Morgan fingerprint density at radius 1 is 1.17 bits per heavy atom. The molecule has 0 aliphatic carbocycles. The lowest BCUT2D eigenvalue weighted by molar-refractivity contribution is 0.0697. The Balaban J connectivity index is 2.07. The van der Waals surface area contributed by atoms with Crippen molar-refractivity contribution in [1.29, 1.82) is 0 Å². The van der Waals surface area contributed by atoms with Crippen molar-refractivity contribution in [3.8, 4) is 5.75 Å². The number of carbonyl (C=O) groups excluding carboxylic acids is 1. The van der Waals surface area contributed by atoms with E-state index in [0.29, 0.717) is 15.8 Å². The molecule has 0 radical (unpaired) electrons. The molecule has 6 nitrogen and oxygen atoms in total. The number of anilines is 1. The first-order chi connectivity index (χ1) is 11.4. The minimum atomic E-state index is -1.11. The normalized spacial score (nSPS) is 9.92. The summed E-state index contributed by atoms with van der Waals surface area (Å²) in [4.78, 5) is 23.4. The predicted octanol–water partition coefficient (Wildman–Crippen LogP) is 3.28. The third-order valence-electron chi connectivity index (χ3n) is 3.04. The maximum Gasteiger partial charge on any atom is 0.337 e. The summed E-state index contributed by atoms with van der Waals surface area (Å²) in [6.07, 6.45) is 0. The summed E-state index contributed by atoms with van der Waals surface area (Å²) in [6, 6.07) is 11.2. The van der Waals surface area contributed by atoms with Crippen LogP contribution < -0.4 is 15.4 Å². The molecule has 0 heterocycles. The van der Waals surface area contributed by atoms with Crippen LogP contribution in [0.25, 0.3) is 0 Å². The molecule has 2 aromatic carbocycles. The van der Waals surface area contributed by atoms with E-state index < -0.39 is 11.9 Å². The number of carboxylic acids is 1. The average Bonchev–Trinajstić information content (AvgIpc) is 2.56. The molecular weight excluding hydrogens is 396 g/mol. The van der Waals surface area contributed by atoms with Crippen molar-refractivity contribution < 1.29 is 19.4 Å². The first-order valence-electron chi connectivity index (χ1n) is 6.70. The topological polar surface area (TPSA) is 87.7 Å². The highest BCUT2D eigenvalue weighted by atomic mass is 79.9. The molecule has 0 bridgehead atoms. The number of nitrogens with one attached hydrogen (secondary N) is 2. The monoisotopic (exact) mass is 408 g/mol. The summed E-state index contributed by atoms with van der Waals surface area (Å²) in [5.74, 6) is -0.888. The van der Waals surface area contributed by atoms with Crippen LogP contribution in [0.2, 0.25) is 0 Å². The number of amides is 1. The van der Waals surface area contributed by atoms with E-state index in [0.717, 1.165) is 0 Å². The smallest absolute Gasteiger partial charge is 0.337 e. The summed E-state index contributed by atoms with van der Waals surface area (Å²) in [5.41, 5.74) is 0.713. The predicted molar refractivity (Wildman–Crippen MR) is 97.8 cm³/mol. The van der Waals surface area contributed by atoms with Gasteiger partial charge in [-0.25, -0.2) is 4.79 Å². The fourth-order valence-electron chi connectivity index (χ4n) is 1.87. The molecule has 0 aliphatic rings. The Bertz CT molecular complexity index is 793. The van der Waals surface area contributed by atoms with Gasteiger partial charge in [0.25, 0.3) is 5.91 Å². The van der Waals surface area contributed by atoms with Crippen LogP contribution in [-0.2, 0) is 0 Å². The summed E-state index contributed by atoms with van der Waals surface area (Å²) in [5, 5.41) is 14.4. The van der Waals surface area contributed by atoms with E-state index in [9.17, 15) is 14.7 Å². The highest BCUT2D eigenvalue weighted by Crippen LogP contribution is 2.21. The van der Waals surface area contributed by atoms with Crippen LogP contribution in [0.3, 0.4) is 0 Å². The zero-order valence-electron chi connectivity index (χ0n) is 12.5. The number of rotatable bonds is 4. The van der Waals surface area contributed by atoms with Crippen molar-refractivity contribution in [3.05, 3.63) is 58.1 Å². The molecule has 1 amide bonds. The van der Waals surface area contributed by atoms with Crippen LogP contribution >= 0.6 is 28.1 Å². The number of aromatic carboxylic acids is 1. The van der Waals surface area contributed by atoms with Crippen LogP contribution in [0, 0.1) is 0 Å². The lowest BCUT2D eigenvalue weighted by Gasteiger charge is -2.12. The molecule has 3 N–H and O–H groups in total. The van der Waals surface area contributed by atoms with Crippen molar-refractivity contribution in [3.63, 3.8) is 0 Å². The van der Waals surface area contributed by atoms with Gasteiger partial charge in [-0.15, -0.1) is 0 Å². The van der Waals surface area contributed by atoms with Gasteiger partial charge >= 0.3 is 5.97 Å². The number of ether oxygens (including phenoxy) is 1. The van der Waals surface area contributed by atoms with Crippen LogP contribution in [0.5, 0.6) is 5.75 Å². The fourth-order valence-corrected chi connectivity index (χ4v) is 2.44. The van der Waals surface area contributed by atoms with E-state index in [-0.39, 0.29) is 16.4 Å². The van der Waals surface area contributed by atoms with Gasteiger partial charge in [-0.2, -0.15) is 0 Å². The third-order valence-corrected chi connectivity index (χ3v) is 3.74. The second kappa shape index (κ2) is 7.89. The van der Waals surface area contributed by atoms with E-state index in [1.807, 2.05) is 0 Å². The molecule has 0 aliphatic heterocycles. The lowest BCUT2D eigenvalue weighted by Crippen LogP contribution is -2.34. The van der Waals surface area contributed by atoms with Gasteiger partial charge in [-0.3, -0.25) is 10.1 Å². The highest BCUT2D eigenvalue weighted by molar-refractivity contribution is 9.10. The van der Waals surface area contributed by atoms with Crippen LogP contribution in [-0.4, -0.2) is 29.2 Å². The minimum absolute atomic E-state index is 0.000593. The Hall–Kier alpha value is -2.45. The number of hydrogen-bond donors (Lipinski definition) is 3. The number of hydrogen-bond acceptors (Lipinski definition) is 4. The third kappa shape index (κ3) is 4.53. The largest absolute Gasteiger partial charge is 0.497 e. The molecule has 24 heavy (non-hydrogen) atoms. The van der Waals surface area contributed by atoms with E-state index in [4.69, 9.17) is 17.0 Å². The molecule has 0 unspecified atom stereocenters. The SMILES string of the molecule is COc1ccc(C(=O)NC(=S)Nc2ccc(Br)cc2C(=O)O)cc1. The van der Waals surface area contributed by atoms with Gasteiger partial charge in [0.2, 0.25) is 0 Å². The highest BCUT2D eigenvalue weighted by Gasteiger charge is 2.13. The first kappa shape index (κ1) is 17.9. The Morgan fingerprint density at radius 3 is 2.42 bits per heavy atom. The maximum atomic E-state index is 12.1. The molecule has 2 rings (SSSR count). The van der Waals surface area contributed by atoms with Gasteiger partial charge in [0.1, 0.15) is 5.75 Å². The number of halogens is 1. The Morgan fingerprint density at radius 2 is 1.83 bits per heavy atom. The van der Waals surface area contributed by atoms with Crippen molar-refractivity contribution in [2.75, 3.05) is 12.4 Å². The van der Waals surface area contributed by atoms with Crippen LogP contribution in [0.1, 0.15) is 20.7 Å². The average molecular weight is 409 g/mol. The Kier molecular flexibility index (Phi) is 5.88. The zero-order valence-corrected chi connectivity index (χ0v) is 14.9. The van der Waals surface area contributed by atoms with Gasteiger partial charge in [-0.1, -0.05) is 15.9 Å². The molecule has 8 heteroatoms. The number of carboxylic acid groups (broad SMARTS) is 1. The second-order valence-electron chi connectivity index (χ2n) is 4.63. The standard InChI is InChI=1S/C16H13BrN2O4S/c1-23-11-5-2-9(3-6-11)14(20)19-16(24)18-13-7-4-10(17)8-12(13)15(21)22/h2-8H,1H3,(H,21,22)(H2,18,19,20,24). The van der Waals surface area contributed by atoms with Crippen molar-refractivity contribution in [2.24, 2.45) is 0 Å². The van der Waals surface area contributed by atoms with E-state index >= 15 is 0 Å². The van der Waals surface area contributed by atoms with Crippen molar-refractivity contribution in [2.45, 2.75) is 0 Å². The zero-order chi connectivity index (χ0) is 17.7. The molecule has 0 atom stereocenters. The number of methoxy groups -OCH3 is 1. The molecule has 0 spiro atoms. The number of carbonyl (C=O) groups is 2. The van der Waals surface area contributed by atoms with Crippen LogP contribution in [0.4, 0.5) is 5.69 Å². The summed E-state index contributed by atoms with van der Waals surface area (Å²) < 4.78 is 5.65. The van der Waals surface area contributed by atoms with Gasteiger partial charge in [0.15, 0.2) is 5.11 Å². The van der Waals surface area contributed by atoms with E-state index in [1.165, 1.54) is 13.2 Å². The Labute approximate surface area is 152 Å². The number of benzene rings is 2. The molecule has 0 saturated carbocycles. The fraction of sp³-hybridized carbons (Fsp3) is 0.0625. The summed E-state index contributed by atoms with van der Waals surface area (Å²) in [6.45, 7) is 0. The second-order valence-corrected chi connectivity index (χ2v) is 5.96.